The van der Waals surface area contributed by atoms with Gasteiger partial charge in [-0.2, -0.15) is 5.26 Å². The van der Waals surface area contributed by atoms with E-state index in [0.717, 1.165) is 38.1 Å². The fraction of sp³-hybridized carbons (Fsp3) is 0.588. The molecule has 110 valence electrons. The maximum atomic E-state index is 8.96. The summed E-state index contributed by atoms with van der Waals surface area (Å²) in [7, 11) is 0. The second-order valence-electron chi connectivity index (χ2n) is 5.69. The number of para-hydroxylation sites is 1. The Balaban J connectivity index is 2.33. The van der Waals surface area contributed by atoms with Crippen LogP contribution in [0.4, 0.5) is 0 Å². The van der Waals surface area contributed by atoms with Gasteiger partial charge in [0.1, 0.15) is 5.75 Å². The van der Waals surface area contributed by atoms with E-state index in [0.29, 0.717) is 6.61 Å². The van der Waals surface area contributed by atoms with Crippen molar-refractivity contribution in [3.05, 3.63) is 29.8 Å². The number of hydrogen-bond acceptors (Lipinski definition) is 3. The third-order valence-corrected chi connectivity index (χ3v) is 3.29. The molecule has 0 radical (unpaired) electrons. The molecule has 0 unspecified atom stereocenters. The Hall–Kier alpha value is -1.53. The number of nitrogens with zero attached hydrogens (tertiary/aromatic N) is 1. The molecule has 3 nitrogen and oxygen atoms in total. The van der Waals surface area contributed by atoms with Crippen molar-refractivity contribution in [2.45, 2.75) is 46.6 Å². The third kappa shape index (κ3) is 6.08. The molecule has 0 aliphatic carbocycles. The van der Waals surface area contributed by atoms with Crippen LogP contribution in [0.1, 0.15) is 45.6 Å². The maximum Gasteiger partial charge on any atom is 0.123 e. The van der Waals surface area contributed by atoms with Crippen molar-refractivity contribution in [2.24, 2.45) is 5.41 Å². The average molecular weight is 274 g/mol. The number of benzene rings is 1. The summed E-state index contributed by atoms with van der Waals surface area (Å²) in [6, 6.07) is 10.5. The molecular weight excluding hydrogens is 248 g/mol. The Bertz CT molecular complexity index is 435. The van der Waals surface area contributed by atoms with E-state index in [4.69, 9.17) is 10.00 Å². The highest BCUT2D eigenvalue weighted by Gasteiger charge is 2.15. The Labute approximate surface area is 123 Å². The zero-order valence-electron chi connectivity index (χ0n) is 12.9. The number of nitriles is 1. The molecule has 0 fully saturated rings. The minimum Gasteiger partial charge on any atom is -0.493 e. The van der Waals surface area contributed by atoms with Crippen LogP contribution < -0.4 is 10.1 Å². The van der Waals surface area contributed by atoms with Crippen molar-refractivity contribution < 1.29 is 4.74 Å². The van der Waals surface area contributed by atoms with Gasteiger partial charge in [0.05, 0.1) is 18.1 Å². The summed E-state index contributed by atoms with van der Waals surface area (Å²) in [4.78, 5) is 0. The minimum absolute atomic E-state index is 0.219. The van der Waals surface area contributed by atoms with Gasteiger partial charge in [0.15, 0.2) is 0 Å². The first-order valence-corrected chi connectivity index (χ1v) is 7.42. The second kappa shape index (κ2) is 8.60. The molecule has 0 amide bonds. The molecule has 0 aliphatic rings. The van der Waals surface area contributed by atoms with Gasteiger partial charge in [-0.15, -0.1) is 0 Å². The van der Waals surface area contributed by atoms with Crippen molar-refractivity contribution in [3.63, 3.8) is 0 Å². The molecule has 0 aliphatic heterocycles. The highest BCUT2D eigenvalue weighted by Crippen LogP contribution is 2.22. The molecule has 0 saturated carbocycles. The molecule has 0 atom stereocenters. The first kappa shape index (κ1) is 16.5. The van der Waals surface area contributed by atoms with Gasteiger partial charge in [0.25, 0.3) is 0 Å². The van der Waals surface area contributed by atoms with Gasteiger partial charge in [0, 0.05) is 12.1 Å². The van der Waals surface area contributed by atoms with Crippen molar-refractivity contribution in [3.8, 4) is 11.8 Å². The van der Waals surface area contributed by atoms with E-state index < -0.39 is 0 Å². The molecule has 0 heterocycles. The maximum absolute atomic E-state index is 8.96. The molecule has 3 heteroatoms. The van der Waals surface area contributed by atoms with Crippen molar-refractivity contribution in [1.82, 2.24) is 5.32 Å². The lowest BCUT2D eigenvalue weighted by atomic mass is 9.89. The van der Waals surface area contributed by atoms with E-state index in [1.807, 2.05) is 32.0 Å². The average Bonchev–Trinajstić information content (AvgIpc) is 2.45. The highest BCUT2D eigenvalue weighted by atomic mass is 16.5. The lowest BCUT2D eigenvalue weighted by Crippen LogP contribution is -2.13. The van der Waals surface area contributed by atoms with Crippen LogP contribution in [0.3, 0.4) is 0 Å². The zero-order valence-corrected chi connectivity index (χ0v) is 12.9. The predicted octanol–water partition coefficient (Wildman–Crippen LogP) is 3.89. The smallest absolute Gasteiger partial charge is 0.123 e. The second-order valence-corrected chi connectivity index (χ2v) is 5.69. The summed E-state index contributed by atoms with van der Waals surface area (Å²) < 4.78 is 5.86. The Kier molecular flexibility index (Phi) is 7.11. The summed E-state index contributed by atoms with van der Waals surface area (Å²) in [5.74, 6) is 0.966. The predicted molar refractivity (Wildman–Crippen MR) is 82.6 cm³/mol. The quantitative estimate of drug-likeness (QED) is 0.695. The van der Waals surface area contributed by atoms with Crippen LogP contribution in [0.2, 0.25) is 0 Å². The van der Waals surface area contributed by atoms with E-state index in [1.54, 1.807) is 0 Å². The molecule has 1 aromatic rings. The molecule has 0 saturated heterocycles. The van der Waals surface area contributed by atoms with Gasteiger partial charge in [-0.3, -0.25) is 0 Å². The molecule has 1 N–H and O–H groups in total. The molecule has 0 bridgehead atoms. The largest absolute Gasteiger partial charge is 0.493 e. The van der Waals surface area contributed by atoms with E-state index >= 15 is 0 Å². The third-order valence-electron chi connectivity index (χ3n) is 3.29. The number of nitrogens with one attached hydrogen (secondary N) is 1. The molecule has 1 aromatic carbocycles. The van der Waals surface area contributed by atoms with E-state index in [9.17, 15) is 0 Å². The molecule has 0 spiro atoms. The summed E-state index contributed by atoms with van der Waals surface area (Å²) >= 11 is 0. The monoisotopic (exact) mass is 274 g/mol. The van der Waals surface area contributed by atoms with Crippen LogP contribution in [-0.4, -0.2) is 13.2 Å². The first-order chi connectivity index (χ1) is 9.59. The summed E-state index contributed by atoms with van der Waals surface area (Å²) in [6.07, 6.45) is 2.93. The minimum atomic E-state index is -0.219. The van der Waals surface area contributed by atoms with E-state index in [1.165, 1.54) is 5.56 Å². The van der Waals surface area contributed by atoms with Gasteiger partial charge in [-0.25, -0.2) is 0 Å². The number of hydrogen-bond donors (Lipinski definition) is 1. The van der Waals surface area contributed by atoms with Gasteiger partial charge >= 0.3 is 0 Å². The first-order valence-electron chi connectivity index (χ1n) is 7.42. The van der Waals surface area contributed by atoms with E-state index in [2.05, 4.69) is 24.4 Å². The van der Waals surface area contributed by atoms with Crippen molar-refractivity contribution in [1.29, 1.82) is 5.26 Å². The van der Waals surface area contributed by atoms with Gasteiger partial charge in [-0.1, -0.05) is 25.1 Å². The molecule has 1 rings (SSSR count). The normalized spacial score (nSPS) is 11.1. The lowest BCUT2D eigenvalue weighted by Gasteiger charge is -2.15. The standard InChI is InChI=1S/C17H26N2O/c1-4-19-13-15-9-5-6-10-16(15)20-12-8-7-11-17(2,3)14-18/h5-6,9-10,19H,4,7-8,11-13H2,1-3H3. The molecular formula is C17H26N2O. The lowest BCUT2D eigenvalue weighted by molar-refractivity contribution is 0.292. The Morgan fingerprint density at radius 3 is 2.70 bits per heavy atom. The summed E-state index contributed by atoms with van der Waals surface area (Å²) in [5, 5.41) is 12.3. The van der Waals surface area contributed by atoms with Crippen molar-refractivity contribution in [2.75, 3.05) is 13.2 Å². The number of unbranched alkanes of at least 4 members (excludes halogenated alkanes) is 1. The van der Waals surface area contributed by atoms with Crippen LogP contribution in [0.5, 0.6) is 5.75 Å². The number of rotatable bonds is 9. The fourth-order valence-electron chi connectivity index (χ4n) is 1.96. The number of ether oxygens (including phenoxy) is 1. The highest BCUT2D eigenvalue weighted by molar-refractivity contribution is 5.33. The van der Waals surface area contributed by atoms with Gasteiger partial charge in [-0.05, 0) is 45.7 Å². The fourth-order valence-corrected chi connectivity index (χ4v) is 1.96. The Morgan fingerprint density at radius 1 is 1.25 bits per heavy atom. The summed E-state index contributed by atoms with van der Waals surface area (Å²) in [6.45, 7) is 8.58. The van der Waals surface area contributed by atoms with E-state index in [-0.39, 0.29) is 5.41 Å². The zero-order chi connectivity index (χ0) is 14.8. The Morgan fingerprint density at radius 2 is 2.00 bits per heavy atom. The van der Waals surface area contributed by atoms with Crippen LogP contribution >= 0.6 is 0 Å². The molecule has 20 heavy (non-hydrogen) atoms. The van der Waals surface area contributed by atoms with Gasteiger partial charge in [0.2, 0.25) is 0 Å². The van der Waals surface area contributed by atoms with Crippen LogP contribution in [0.25, 0.3) is 0 Å². The van der Waals surface area contributed by atoms with Crippen LogP contribution in [0.15, 0.2) is 24.3 Å². The molecule has 0 aromatic heterocycles. The SMILES string of the molecule is CCNCc1ccccc1OCCCCC(C)(C)C#N. The van der Waals surface area contributed by atoms with Crippen LogP contribution in [0, 0.1) is 16.7 Å². The summed E-state index contributed by atoms with van der Waals surface area (Å²) in [5.41, 5.74) is 0.981. The topological polar surface area (TPSA) is 45.0 Å². The van der Waals surface area contributed by atoms with Crippen molar-refractivity contribution >= 4 is 0 Å². The van der Waals surface area contributed by atoms with Gasteiger partial charge < -0.3 is 10.1 Å². The van der Waals surface area contributed by atoms with Crippen LogP contribution in [-0.2, 0) is 6.54 Å².